The number of carbonyl (C=O) groups excluding carboxylic acids is 8. The lowest BCUT2D eigenvalue weighted by atomic mass is 10.1. The summed E-state index contributed by atoms with van der Waals surface area (Å²) in [4.78, 5) is 125. The van der Waals surface area contributed by atoms with Crippen molar-refractivity contribution in [3.8, 4) is 33.4 Å². The Bertz CT molecular complexity index is 5100. The van der Waals surface area contributed by atoms with Crippen LogP contribution in [-0.4, -0.2) is 257 Å². The van der Waals surface area contributed by atoms with Gasteiger partial charge >= 0.3 is 5.97 Å². The van der Waals surface area contributed by atoms with Crippen molar-refractivity contribution < 1.29 is 43.1 Å². The van der Waals surface area contributed by atoms with Gasteiger partial charge in [-0.15, -0.1) is 0 Å². The van der Waals surface area contributed by atoms with Gasteiger partial charge in [-0.3, -0.25) is 57.3 Å². The van der Waals surface area contributed by atoms with Crippen LogP contribution in [0.1, 0.15) is 126 Å². The first-order chi connectivity index (χ1) is 56.6. The normalized spacial score (nSPS) is 17.6. The smallest absolute Gasteiger partial charge is 0.303 e. The second kappa shape index (κ2) is 40.6. The van der Waals surface area contributed by atoms with Crippen molar-refractivity contribution >= 4 is 82.9 Å². The van der Waals surface area contributed by atoms with Crippen LogP contribution in [0.4, 0.5) is 17.5 Å². The van der Waals surface area contributed by atoms with Gasteiger partial charge in [0.25, 0.3) is 35.4 Å². The van der Waals surface area contributed by atoms with Gasteiger partial charge in [-0.2, -0.15) is 15.3 Å². The summed E-state index contributed by atoms with van der Waals surface area (Å²) in [6.45, 7) is 18.9. The molecule has 5 fully saturated rings. The van der Waals surface area contributed by atoms with Gasteiger partial charge in [0.1, 0.15) is 23.6 Å². The third-order valence-corrected chi connectivity index (χ3v) is 21.0. The average Bonchev–Trinajstić information content (AvgIpc) is 1.60. The van der Waals surface area contributed by atoms with Gasteiger partial charge in [0.15, 0.2) is 5.78 Å². The molecule has 118 heavy (non-hydrogen) atoms. The van der Waals surface area contributed by atoms with E-state index in [1.807, 2.05) is 82.2 Å². The number of hydrogen-bond acceptors (Lipinski definition) is 22. The largest absolute Gasteiger partial charge is 0.459 e. The number of esters is 1. The summed E-state index contributed by atoms with van der Waals surface area (Å²) in [7, 11) is 9.78. The third-order valence-electron chi connectivity index (χ3n) is 21.0. The maximum Gasteiger partial charge on any atom is 0.303 e. The molecular weight excluding hydrogens is 1500 g/mol. The monoisotopic (exact) mass is 1600 g/mol. The maximum absolute atomic E-state index is 13.2. The van der Waals surface area contributed by atoms with E-state index >= 15 is 0 Å². The van der Waals surface area contributed by atoms with Crippen LogP contribution in [0.3, 0.4) is 0 Å². The topological polar surface area (TPSA) is 384 Å². The minimum Gasteiger partial charge on any atom is -0.459 e. The van der Waals surface area contributed by atoms with E-state index in [9.17, 15) is 38.4 Å². The molecule has 0 aliphatic carbocycles. The summed E-state index contributed by atoms with van der Waals surface area (Å²) in [6.07, 6.45) is 28.3. The number of pyridine rings is 3. The Balaban J connectivity index is 0.000000167. The zero-order valence-electron chi connectivity index (χ0n) is 68.3. The van der Waals surface area contributed by atoms with Crippen LogP contribution < -0.4 is 38.5 Å². The number of likely N-dealkylation sites (N-methyl/N-ethyl adjacent to an activating group) is 2. The number of ether oxygens (including phenoxy) is 1. The number of amides is 6. The summed E-state index contributed by atoms with van der Waals surface area (Å²) in [5.74, 6) is -1.08. The van der Waals surface area contributed by atoms with Gasteiger partial charge in [0.05, 0.1) is 35.3 Å². The lowest BCUT2D eigenvalue weighted by Crippen LogP contribution is -2.47. The zero-order valence-corrected chi connectivity index (χ0v) is 68.3. The number of ketones is 1. The Kier molecular flexibility index (Phi) is 29.6. The van der Waals surface area contributed by atoms with Crippen LogP contribution in [0.15, 0.2) is 165 Å². The molecule has 3 aromatic carbocycles. The molecule has 6 amide bonds. The van der Waals surface area contributed by atoms with Gasteiger partial charge in [-0.25, -0.2) is 15.0 Å². The number of benzene rings is 3. The molecule has 0 saturated carbocycles. The van der Waals surface area contributed by atoms with Crippen LogP contribution in [0.25, 0.3) is 51.6 Å². The van der Waals surface area contributed by atoms with E-state index in [1.54, 1.807) is 140 Å². The summed E-state index contributed by atoms with van der Waals surface area (Å²) >= 11 is 0. The van der Waals surface area contributed by atoms with Crippen LogP contribution in [0.2, 0.25) is 0 Å². The molecular formula is C87H106N22O9. The summed E-state index contributed by atoms with van der Waals surface area (Å²) in [6, 6.07) is 27.0. The van der Waals surface area contributed by atoms with Crippen LogP contribution in [-0.2, 0) is 35.5 Å². The van der Waals surface area contributed by atoms with E-state index in [2.05, 4.69) is 99.4 Å². The fourth-order valence-electron chi connectivity index (χ4n) is 14.0. The number of anilines is 3. The maximum atomic E-state index is 13.2. The Labute approximate surface area is 687 Å². The minimum absolute atomic E-state index is 0.0298. The number of allylic oxidation sites excluding steroid dienone is 1. The first kappa shape index (κ1) is 86.0. The van der Waals surface area contributed by atoms with E-state index in [1.165, 1.54) is 33.0 Å². The number of carbonyl (C=O) groups is 8. The predicted molar refractivity (Wildman–Crippen MR) is 455 cm³/mol. The number of nitrogens with two attached hydrogens (primary N) is 3. The fourth-order valence-corrected chi connectivity index (χ4v) is 14.0. The number of hydrogen-bond donors (Lipinski definition) is 7. The number of piperazine rings is 2. The number of nitrogens with zero attached hydrogens (tertiary/aromatic N) is 15. The molecule has 0 spiro atoms. The van der Waals surface area contributed by atoms with Crippen molar-refractivity contribution in [2.24, 2.45) is 21.1 Å². The molecule has 0 radical (unpaired) electrons. The molecule has 5 saturated heterocycles. The molecule has 14 rings (SSSR count). The van der Waals surface area contributed by atoms with E-state index in [-0.39, 0.29) is 94.4 Å². The molecule has 10 N–H and O–H groups in total. The molecule has 31 nitrogen and oxygen atoms in total. The molecule has 5 aliphatic rings. The highest BCUT2D eigenvalue weighted by Gasteiger charge is 2.33. The van der Waals surface area contributed by atoms with Crippen LogP contribution >= 0.6 is 0 Å². The minimum atomic E-state index is -0.336. The van der Waals surface area contributed by atoms with E-state index in [0.717, 1.165) is 89.3 Å². The number of aryl methyl sites for hydroxylation is 3. The molecule has 2 unspecified atom stereocenters. The molecule has 11 heterocycles. The summed E-state index contributed by atoms with van der Waals surface area (Å²) in [5.41, 5.74) is 28.2. The third kappa shape index (κ3) is 24.1. The molecule has 31 heteroatoms. The fraction of sp³-hybridized carbons (Fsp3) is 0.356. The Morgan fingerprint density at radius 3 is 1.09 bits per heavy atom. The second-order valence-corrected chi connectivity index (χ2v) is 30.3. The van der Waals surface area contributed by atoms with Gasteiger partial charge in [0.2, 0.25) is 0 Å². The van der Waals surface area contributed by atoms with E-state index in [0.29, 0.717) is 92.4 Å². The highest BCUT2D eigenvalue weighted by molar-refractivity contribution is 6.02. The number of likely N-dealkylation sites (tertiary alicyclic amines) is 3. The Morgan fingerprint density at radius 2 is 0.780 bits per heavy atom. The van der Waals surface area contributed by atoms with Crippen LogP contribution in [0.5, 0.6) is 0 Å². The lowest BCUT2D eigenvalue weighted by molar-refractivity contribution is -0.143. The van der Waals surface area contributed by atoms with Crippen molar-refractivity contribution in [3.63, 3.8) is 0 Å². The van der Waals surface area contributed by atoms with Crippen molar-refractivity contribution in [1.82, 2.24) is 95.0 Å². The van der Waals surface area contributed by atoms with Crippen molar-refractivity contribution in [2.45, 2.75) is 77.2 Å². The summed E-state index contributed by atoms with van der Waals surface area (Å²) in [5, 5.41) is 24.7. The zero-order chi connectivity index (χ0) is 84.1. The van der Waals surface area contributed by atoms with Crippen molar-refractivity contribution in [2.75, 3.05) is 123 Å². The number of nitrogen functional groups attached to an aromatic ring is 3. The predicted octanol–water partition coefficient (Wildman–Crippen LogP) is 6.86. The highest BCUT2D eigenvalue weighted by Crippen LogP contribution is 2.27. The second-order valence-electron chi connectivity index (χ2n) is 30.3. The van der Waals surface area contributed by atoms with Gasteiger partial charge < -0.3 is 67.7 Å². The molecule has 6 aromatic heterocycles. The van der Waals surface area contributed by atoms with Gasteiger partial charge in [-0.1, -0.05) is 60.7 Å². The quantitative estimate of drug-likeness (QED) is 0.0302. The SMILES string of the molecule is CC(/C=C/c1ccc(C(=O)N2CC[C@@H](NC(=O)c3cc(-c4cnn(C)c4)cnc3N)C2)cc1)N1CCN(C)CC1.CC(=O)/C=C/c1ccc(C(=O)N2CC[C@@H](NC(=O)c3cc(-c4cnn(C)c4)cnc3N)C2)cc1.CC(=O)OC(C)/C=C/c1ccc(C(=O)N2CC[C@@H](NC(=O)c3cc(-c4cnn(C)c4)cnc3N)C2)cc1.CN1CCNCC1. The number of rotatable bonds is 20. The first-order valence-electron chi connectivity index (χ1n) is 39.5. The highest BCUT2D eigenvalue weighted by atomic mass is 16.5. The molecule has 5 aliphatic heterocycles. The van der Waals surface area contributed by atoms with E-state index in [4.69, 9.17) is 21.9 Å². The Hall–Kier alpha value is -12.8. The van der Waals surface area contributed by atoms with Crippen LogP contribution in [0, 0.1) is 0 Å². The van der Waals surface area contributed by atoms with Crippen molar-refractivity contribution in [1.29, 1.82) is 0 Å². The van der Waals surface area contributed by atoms with Gasteiger partial charge in [0, 0.05) is 231 Å². The summed E-state index contributed by atoms with van der Waals surface area (Å²) < 4.78 is 10.1. The van der Waals surface area contributed by atoms with E-state index < -0.39 is 0 Å². The van der Waals surface area contributed by atoms with Crippen molar-refractivity contribution in [3.05, 3.63) is 215 Å². The van der Waals surface area contributed by atoms with Gasteiger partial charge in [-0.05, 0) is 138 Å². The average molecular weight is 1600 g/mol. The molecule has 5 atom stereocenters. The molecule has 0 bridgehead atoms. The first-order valence-corrected chi connectivity index (χ1v) is 39.5. The molecule has 9 aromatic rings. The number of aromatic nitrogens is 9. The number of nitrogens with one attached hydrogen (secondary N) is 4. The lowest BCUT2D eigenvalue weighted by Gasteiger charge is -2.35. The standard InChI is InChI=1S/C30H38N8O2.C27H30N6O4.C25H26N6O3.C5H12N2/c1-21(37-14-12-35(2)13-15-37)4-5-22-6-8-23(9-7-22)30(40)38-11-10-26(20-38)34-29(39)27-16-24(17-32-28(27)31)25-18-33-36(3)19-25;1-17(37-18(2)34)4-5-19-6-8-20(9-7-19)27(36)33-11-10-23(16-33)31-26(35)24-12-21(13-29-25(24)28)22-14-30-32(3)15-22;1-16(32)3-4-17-5-7-18(8-6-17)25(34)31-10-9-21(15-31)29-24(33)22-11-19(12-27-23(22)26)20-13-28-30(2)14-20;1-7-4-2-6-3-5-7/h4-9,16-19,21,26H,10-15,20H2,1-3H3,(H2,31,32)(H,34,39);4-9,12-15,17,23H,10-11,16H2,1-3H3,(H2,28,29)(H,31,35);3-8,11-14,21H,9-10,15H2,1-2H3,(H2,26,27)(H,29,33);6H,2-5H2,1H3/b2*5-4+;4-3+;/t21?,26-;17?,23-;21-;/m111./s1. The Morgan fingerprint density at radius 1 is 0.441 bits per heavy atom. The molecule has 618 valence electrons.